The Balaban J connectivity index is 1.37. The molecule has 1 amide bonds. The number of thiophene rings is 1. The Bertz CT molecular complexity index is 1720. The van der Waals surface area contributed by atoms with Crippen molar-refractivity contribution >= 4 is 56.7 Å². The summed E-state index contributed by atoms with van der Waals surface area (Å²) in [4.78, 5) is 47.6. The number of ether oxygens (including phenoxy) is 2. The van der Waals surface area contributed by atoms with Crippen LogP contribution in [0.15, 0.2) is 84.5 Å². The molecule has 0 saturated carbocycles. The van der Waals surface area contributed by atoms with Crippen molar-refractivity contribution in [3.05, 3.63) is 101 Å². The molecule has 0 atom stereocenters. The smallest absolute Gasteiger partial charge is 0.341 e. The third-order valence-corrected chi connectivity index (χ3v) is 7.14. The molecule has 0 unspecified atom stereocenters. The van der Waals surface area contributed by atoms with Crippen molar-refractivity contribution < 1.29 is 23.9 Å². The first-order valence-corrected chi connectivity index (χ1v) is 13.5. The first-order chi connectivity index (χ1) is 19.5. The van der Waals surface area contributed by atoms with Crippen molar-refractivity contribution in [3.8, 4) is 22.4 Å². The van der Waals surface area contributed by atoms with Crippen LogP contribution in [0.1, 0.15) is 27.6 Å². The van der Waals surface area contributed by atoms with Crippen LogP contribution < -0.4 is 5.32 Å². The molecule has 200 valence electrons. The zero-order valence-electron chi connectivity index (χ0n) is 21.2. The highest BCUT2D eigenvalue weighted by atomic mass is 35.5. The normalized spacial score (nSPS) is 10.8. The van der Waals surface area contributed by atoms with Gasteiger partial charge in [0.15, 0.2) is 6.61 Å². The number of halogens is 1. The van der Waals surface area contributed by atoms with E-state index in [0.29, 0.717) is 32.7 Å². The zero-order valence-corrected chi connectivity index (χ0v) is 22.8. The second-order valence-electron chi connectivity index (χ2n) is 8.49. The molecule has 0 bridgehead atoms. The molecular formula is C30H22ClN3O5S. The molecule has 5 rings (SSSR count). The van der Waals surface area contributed by atoms with E-state index in [1.165, 1.54) is 0 Å². The highest BCUT2D eigenvalue weighted by molar-refractivity contribution is 7.15. The Morgan fingerprint density at radius 3 is 2.52 bits per heavy atom. The second-order valence-corrected chi connectivity index (χ2v) is 9.78. The van der Waals surface area contributed by atoms with Crippen LogP contribution in [0.4, 0.5) is 5.00 Å². The van der Waals surface area contributed by atoms with Crippen LogP contribution >= 0.6 is 22.9 Å². The zero-order chi connectivity index (χ0) is 28.1. The molecule has 10 heteroatoms. The molecule has 3 heterocycles. The lowest BCUT2D eigenvalue weighted by Gasteiger charge is -2.11. The fraction of sp³-hybridized carbons (Fsp3) is 0.100. The van der Waals surface area contributed by atoms with Gasteiger partial charge in [-0.2, -0.15) is 0 Å². The number of hydrogen-bond donors (Lipinski definition) is 1. The SMILES string of the molecule is CCOC(=O)c1c(-c2ccccc2Cl)csc1NC(=O)COC(=O)c1cc(-c2cccnc2)nc2ccccc12. The molecule has 0 aliphatic heterocycles. The molecule has 5 aromatic rings. The second kappa shape index (κ2) is 12.1. The van der Waals surface area contributed by atoms with Crippen LogP contribution in [0.2, 0.25) is 5.02 Å². The van der Waals surface area contributed by atoms with Crippen molar-refractivity contribution in [1.82, 2.24) is 9.97 Å². The van der Waals surface area contributed by atoms with Crippen LogP contribution in [-0.4, -0.2) is 41.0 Å². The van der Waals surface area contributed by atoms with Gasteiger partial charge in [0.25, 0.3) is 5.91 Å². The van der Waals surface area contributed by atoms with E-state index in [4.69, 9.17) is 21.1 Å². The number of esters is 2. The number of amides is 1. The number of benzene rings is 2. The van der Waals surface area contributed by atoms with Gasteiger partial charge in [-0.15, -0.1) is 11.3 Å². The van der Waals surface area contributed by atoms with Gasteiger partial charge in [-0.25, -0.2) is 14.6 Å². The van der Waals surface area contributed by atoms with Crippen molar-refractivity contribution in [2.45, 2.75) is 6.92 Å². The van der Waals surface area contributed by atoms with E-state index in [2.05, 4.69) is 15.3 Å². The van der Waals surface area contributed by atoms with E-state index in [-0.39, 0.29) is 22.7 Å². The monoisotopic (exact) mass is 571 g/mol. The van der Waals surface area contributed by atoms with Crippen molar-refractivity contribution in [1.29, 1.82) is 0 Å². The number of hydrogen-bond acceptors (Lipinski definition) is 8. The largest absolute Gasteiger partial charge is 0.462 e. The fourth-order valence-corrected chi connectivity index (χ4v) is 5.31. The van der Waals surface area contributed by atoms with E-state index in [1.807, 2.05) is 12.1 Å². The topological polar surface area (TPSA) is 107 Å². The molecule has 40 heavy (non-hydrogen) atoms. The van der Waals surface area contributed by atoms with Gasteiger partial charge < -0.3 is 14.8 Å². The molecule has 3 aromatic heterocycles. The molecule has 8 nitrogen and oxygen atoms in total. The average molecular weight is 572 g/mol. The maximum Gasteiger partial charge on any atom is 0.341 e. The van der Waals surface area contributed by atoms with Gasteiger partial charge in [0.1, 0.15) is 10.6 Å². The lowest BCUT2D eigenvalue weighted by atomic mass is 10.0. The maximum atomic E-state index is 13.2. The van der Waals surface area contributed by atoms with Crippen LogP contribution in [-0.2, 0) is 14.3 Å². The van der Waals surface area contributed by atoms with E-state index in [9.17, 15) is 14.4 Å². The van der Waals surface area contributed by atoms with Crippen LogP contribution in [0.25, 0.3) is 33.3 Å². The summed E-state index contributed by atoms with van der Waals surface area (Å²) in [6.45, 7) is 1.28. The lowest BCUT2D eigenvalue weighted by Crippen LogP contribution is -2.22. The number of para-hydroxylation sites is 1. The summed E-state index contributed by atoms with van der Waals surface area (Å²) in [6.07, 6.45) is 3.30. The highest BCUT2D eigenvalue weighted by Crippen LogP contribution is 2.39. The Morgan fingerprint density at radius 2 is 1.75 bits per heavy atom. The number of nitrogens with one attached hydrogen (secondary N) is 1. The predicted octanol–water partition coefficient (Wildman–Crippen LogP) is 6.65. The third kappa shape index (κ3) is 5.70. The van der Waals surface area contributed by atoms with Gasteiger partial charge in [-0.05, 0) is 37.3 Å². The number of carbonyl (C=O) groups is 3. The number of aromatic nitrogens is 2. The average Bonchev–Trinajstić information content (AvgIpc) is 3.39. The molecule has 2 aromatic carbocycles. The summed E-state index contributed by atoms with van der Waals surface area (Å²) in [5, 5.41) is 5.71. The number of nitrogens with zero attached hydrogens (tertiary/aromatic N) is 2. The number of rotatable bonds is 8. The molecule has 0 aliphatic carbocycles. The summed E-state index contributed by atoms with van der Waals surface area (Å²) >= 11 is 7.51. The van der Waals surface area contributed by atoms with E-state index in [1.54, 1.807) is 79.3 Å². The van der Waals surface area contributed by atoms with Crippen LogP contribution in [0.3, 0.4) is 0 Å². The summed E-state index contributed by atoms with van der Waals surface area (Å²) in [5.41, 5.74) is 3.50. The standard InChI is InChI=1S/C30H22ClN3O5S/c1-2-38-30(37)27-22(19-9-3-5-11-23(19)31)17-40-28(27)34-26(35)16-39-29(36)21-14-25(18-8-7-13-32-15-18)33-24-12-6-4-10-20(21)24/h3-15,17H,2,16H2,1H3,(H,34,35). The first kappa shape index (κ1) is 27.0. The maximum absolute atomic E-state index is 13.2. The van der Waals surface area contributed by atoms with E-state index >= 15 is 0 Å². The molecule has 1 N–H and O–H groups in total. The number of carbonyl (C=O) groups excluding carboxylic acids is 3. The molecule has 0 saturated heterocycles. The minimum atomic E-state index is -0.688. The van der Waals surface area contributed by atoms with Gasteiger partial charge in [0.2, 0.25) is 0 Å². The van der Waals surface area contributed by atoms with Crippen molar-refractivity contribution in [2.75, 3.05) is 18.5 Å². The van der Waals surface area contributed by atoms with Crippen LogP contribution in [0.5, 0.6) is 0 Å². The minimum absolute atomic E-state index is 0.155. The summed E-state index contributed by atoms with van der Waals surface area (Å²) in [5.74, 6) is -1.90. The molecule has 0 fully saturated rings. The fourth-order valence-electron chi connectivity index (χ4n) is 4.11. The number of fused-ring (bicyclic) bond motifs is 1. The Hall–Kier alpha value is -4.60. The summed E-state index contributed by atoms with van der Waals surface area (Å²) < 4.78 is 10.6. The molecule has 0 spiro atoms. The summed E-state index contributed by atoms with van der Waals surface area (Å²) in [7, 11) is 0. The van der Waals surface area contributed by atoms with Gasteiger partial charge in [0, 0.05) is 44.9 Å². The predicted molar refractivity (Wildman–Crippen MR) is 155 cm³/mol. The molecule has 0 aliphatic rings. The first-order valence-electron chi connectivity index (χ1n) is 12.3. The Kier molecular flexibility index (Phi) is 8.14. The minimum Gasteiger partial charge on any atom is -0.462 e. The lowest BCUT2D eigenvalue weighted by molar-refractivity contribution is -0.119. The Morgan fingerprint density at radius 1 is 0.950 bits per heavy atom. The quantitative estimate of drug-likeness (QED) is 0.208. The van der Waals surface area contributed by atoms with Gasteiger partial charge in [-0.3, -0.25) is 9.78 Å². The molecule has 0 radical (unpaired) electrons. The number of anilines is 1. The van der Waals surface area contributed by atoms with E-state index < -0.39 is 24.5 Å². The van der Waals surface area contributed by atoms with Crippen molar-refractivity contribution in [3.63, 3.8) is 0 Å². The number of pyridine rings is 2. The third-order valence-electron chi connectivity index (χ3n) is 5.92. The van der Waals surface area contributed by atoms with E-state index in [0.717, 1.165) is 16.9 Å². The molecular weight excluding hydrogens is 550 g/mol. The highest BCUT2D eigenvalue weighted by Gasteiger charge is 2.24. The van der Waals surface area contributed by atoms with Gasteiger partial charge in [-0.1, -0.05) is 48.0 Å². The van der Waals surface area contributed by atoms with Crippen LogP contribution in [0, 0.1) is 0 Å². The van der Waals surface area contributed by atoms with Crippen molar-refractivity contribution in [2.24, 2.45) is 0 Å². The summed E-state index contributed by atoms with van der Waals surface area (Å²) in [6, 6.07) is 19.5. The van der Waals surface area contributed by atoms with Gasteiger partial charge >= 0.3 is 11.9 Å². The van der Waals surface area contributed by atoms with Gasteiger partial charge in [0.05, 0.1) is 23.4 Å². The Labute approximate surface area is 238 Å².